The quantitative estimate of drug-likeness (QED) is 0.604. The van der Waals surface area contributed by atoms with Crippen LogP contribution in [0.4, 0.5) is 0 Å². The molecule has 2 heterocycles. The summed E-state index contributed by atoms with van der Waals surface area (Å²) in [5.41, 5.74) is 2.06. The fraction of sp³-hybridized carbons (Fsp3) is 0.500. The van der Waals surface area contributed by atoms with Crippen molar-refractivity contribution in [2.45, 2.75) is 19.6 Å². The third-order valence-corrected chi connectivity index (χ3v) is 4.68. The fourth-order valence-electron chi connectivity index (χ4n) is 3.31. The topological polar surface area (TPSA) is 73.1 Å². The van der Waals surface area contributed by atoms with Gasteiger partial charge in [0.2, 0.25) is 0 Å². The molecule has 0 radical (unpaired) electrons. The van der Waals surface area contributed by atoms with Crippen molar-refractivity contribution in [3.05, 3.63) is 41.7 Å². The van der Waals surface area contributed by atoms with Crippen molar-refractivity contribution in [3.63, 3.8) is 0 Å². The minimum Gasteiger partial charge on any atom is -0.493 e. The number of aromatic nitrogens is 2. The van der Waals surface area contributed by atoms with Crippen LogP contribution in [0.2, 0.25) is 0 Å². The van der Waals surface area contributed by atoms with E-state index in [2.05, 4.69) is 22.2 Å². The van der Waals surface area contributed by atoms with Crippen molar-refractivity contribution in [1.29, 1.82) is 0 Å². The number of aryl methyl sites for hydroxylation is 1. The molecular formula is C20H29N5O3. The van der Waals surface area contributed by atoms with Gasteiger partial charge in [0.05, 0.1) is 40.1 Å². The zero-order chi connectivity index (χ0) is 19.9. The first-order valence-corrected chi connectivity index (χ1v) is 9.49. The van der Waals surface area contributed by atoms with Gasteiger partial charge in [0, 0.05) is 37.5 Å². The molecule has 1 aromatic heterocycles. The lowest BCUT2D eigenvalue weighted by Gasteiger charge is -2.34. The summed E-state index contributed by atoms with van der Waals surface area (Å²) >= 11 is 0. The molecule has 1 saturated heterocycles. The Hall–Kier alpha value is -2.74. The maximum atomic E-state index is 5.95. The molecule has 1 aliphatic heterocycles. The van der Waals surface area contributed by atoms with E-state index in [-0.39, 0.29) is 6.10 Å². The number of rotatable bonds is 6. The Morgan fingerprint density at radius 3 is 2.89 bits per heavy atom. The lowest BCUT2D eigenvalue weighted by atomic mass is 10.1. The first-order chi connectivity index (χ1) is 13.7. The van der Waals surface area contributed by atoms with Crippen LogP contribution < -0.4 is 14.8 Å². The Kier molecular flexibility index (Phi) is 6.76. The van der Waals surface area contributed by atoms with Crippen molar-refractivity contribution in [3.8, 4) is 11.5 Å². The maximum absolute atomic E-state index is 5.95. The smallest absolute Gasteiger partial charge is 0.194 e. The average Bonchev–Trinajstić information content (AvgIpc) is 3.17. The number of hydrogen-bond donors (Lipinski definition) is 1. The van der Waals surface area contributed by atoms with E-state index in [1.807, 2.05) is 37.6 Å². The molecule has 1 aliphatic rings. The van der Waals surface area contributed by atoms with Crippen LogP contribution in [0.5, 0.6) is 11.5 Å². The van der Waals surface area contributed by atoms with E-state index in [1.54, 1.807) is 18.9 Å². The monoisotopic (exact) mass is 387 g/mol. The number of nitrogens with one attached hydrogen (secondary N) is 1. The van der Waals surface area contributed by atoms with Crippen LogP contribution in [-0.4, -0.2) is 61.1 Å². The molecule has 28 heavy (non-hydrogen) atoms. The van der Waals surface area contributed by atoms with Gasteiger partial charge in [0.15, 0.2) is 17.5 Å². The number of para-hydroxylation sites is 1. The lowest BCUT2D eigenvalue weighted by Crippen LogP contribution is -2.48. The summed E-state index contributed by atoms with van der Waals surface area (Å²) in [6.07, 6.45) is 3.84. The molecule has 2 aromatic rings. The van der Waals surface area contributed by atoms with Crippen LogP contribution in [0, 0.1) is 0 Å². The number of ether oxygens (including phenoxy) is 3. The highest BCUT2D eigenvalue weighted by Gasteiger charge is 2.25. The zero-order valence-electron chi connectivity index (χ0n) is 17.0. The van der Waals surface area contributed by atoms with Crippen molar-refractivity contribution < 1.29 is 14.2 Å². The lowest BCUT2D eigenvalue weighted by molar-refractivity contribution is -0.00805. The van der Waals surface area contributed by atoms with Crippen molar-refractivity contribution >= 4 is 5.96 Å². The van der Waals surface area contributed by atoms with E-state index in [0.29, 0.717) is 18.9 Å². The molecule has 1 unspecified atom stereocenters. The van der Waals surface area contributed by atoms with Crippen LogP contribution in [0.1, 0.15) is 24.2 Å². The Balaban J connectivity index is 1.77. The van der Waals surface area contributed by atoms with Crippen LogP contribution in [0.3, 0.4) is 0 Å². The molecular weight excluding hydrogens is 358 g/mol. The number of benzene rings is 1. The Morgan fingerprint density at radius 2 is 2.21 bits per heavy atom. The number of hydrogen-bond acceptors (Lipinski definition) is 5. The predicted octanol–water partition coefficient (Wildman–Crippen LogP) is 1.98. The number of morpholine rings is 1. The predicted molar refractivity (Wildman–Crippen MR) is 108 cm³/mol. The summed E-state index contributed by atoms with van der Waals surface area (Å²) in [4.78, 5) is 7.08. The number of aliphatic imine (C=N–C) groups is 1. The number of methoxy groups -OCH3 is 2. The third kappa shape index (κ3) is 4.56. The number of guanidine groups is 1. The maximum Gasteiger partial charge on any atom is 0.194 e. The highest BCUT2D eigenvalue weighted by molar-refractivity contribution is 5.80. The molecule has 3 rings (SSSR count). The van der Waals surface area contributed by atoms with Gasteiger partial charge in [-0.25, -0.2) is 4.99 Å². The largest absolute Gasteiger partial charge is 0.493 e. The van der Waals surface area contributed by atoms with Crippen LogP contribution in [0.25, 0.3) is 0 Å². The van der Waals surface area contributed by atoms with E-state index in [4.69, 9.17) is 19.2 Å². The second-order valence-electron chi connectivity index (χ2n) is 6.58. The van der Waals surface area contributed by atoms with E-state index in [0.717, 1.165) is 42.5 Å². The normalized spacial score (nSPS) is 17.5. The van der Waals surface area contributed by atoms with Crippen LogP contribution in [0.15, 0.2) is 35.6 Å². The molecule has 1 N–H and O–H groups in total. The number of nitrogens with zero attached hydrogens (tertiary/aromatic N) is 4. The van der Waals surface area contributed by atoms with E-state index >= 15 is 0 Å². The molecule has 0 amide bonds. The van der Waals surface area contributed by atoms with Gasteiger partial charge in [-0.1, -0.05) is 12.1 Å². The van der Waals surface area contributed by atoms with Gasteiger partial charge < -0.3 is 24.4 Å². The molecule has 0 aliphatic carbocycles. The molecule has 1 atom stereocenters. The highest BCUT2D eigenvalue weighted by atomic mass is 16.5. The summed E-state index contributed by atoms with van der Waals surface area (Å²) in [6, 6.07) is 5.84. The Labute approximate surface area is 166 Å². The standard InChI is InChI=1S/C20H29N5O3/c1-5-21-20(22-11-15-7-6-8-17(26-3)19(15)27-4)25-9-10-28-18(14-25)16-12-23-24(2)13-16/h6-8,12-13,18H,5,9-11,14H2,1-4H3,(H,21,22). The summed E-state index contributed by atoms with van der Waals surface area (Å²) in [5, 5.41) is 7.65. The summed E-state index contributed by atoms with van der Waals surface area (Å²) in [6.45, 7) is 5.53. The minimum absolute atomic E-state index is 0.0161. The first-order valence-electron chi connectivity index (χ1n) is 9.49. The van der Waals surface area contributed by atoms with Gasteiger partial charge in [-0.05, 0) is 13.0 Å². The molecule has 0 spiro atoms. The van der Waals surface area contributed by atoms with E-state index in [1.165, 1.54) is 0 Å². The third-order valence-electron chi connectivity index (χ3n) is 4.68. The summed E-state index contributed by atoms with van der Waals surface area (Å²) in [7, 11) is 5.20. The first kappa shape index (κ1) is 20.0. The van der Waals surface area contributed by atoms with Gasteiger partial charge in [0.25, 0.3) is 0 Å². The highest BCUT2D eigenvalue weighted by Crippen LogP contribution is 2.31. The second kappa shape index (κ2) is 9.45. The Bertz CT molecular complexity index is 805. The van der Waals surface area contributed by atoms with Crippen molar-refractivity contribution in [2.75, 3.05) is 40.5 Å². The van der Waals surface area contributed by atoms with E-state index < -0.39 is 0 Å². The second-order valence-corrected chi connectivity index (χ2v) is 6.58. The van der Waals surface area contributed by atoms with Crippen LogP contribution in [-0.2, 0) is 18.3 Å². The molecule has 152 valence electrons. The zero-order valence-corrected chi connectivity index (χ0v) is 17.0. The van der Waals surface area contributed by atoms with Crippen LogP contribution >= 0.6 is 0 Å². The molecule has 0 saturated carbocycles. The van der Waals surface area contributed by atoms with Crippen molar-refractivity contribution in [2.24, 2.45) is 12.0 Å². The van der Waals surface area contributed by atoms with Gasteiger partial charge in [-0.3, -0.25) is 4.68 Å². The van der Waals surface area contributed by atoms with E-state index in [9.17, 15) is 0 Å². The van der Waals surface area contributed by atoms with Crippen molar-refractivity contribution in [1.82, 2.24) is 20.0 Å². The Morgan fingerprint density at radius 1 is 1.36 bits per heavy atom. The molecule has 1 aromatic carbocycles. The van der Waals surface area contributed by atoms with Gasteiger partial charge in [-0.2, -0.15) is 5.10 Å². The SMILES string of the molecule is CCNC(=NCc1cccc(OC)c1OC)N1CCOC(c2cnn(C)c2)C1. The fourth-order valence-corrected chi connectivity index (χ4v) is 3.31. The summed E-state index contributed by atoms with van der Waals surface area (Å²) < 4.78 is 18.7. The molecule has 8 nitrogen and oxygen atoms in total. The molecule has 8 heteroatoms. The summed E-state index contributed by atoms with van der Waals surface area (Å²) in [5.74, 6) is 2.30. The minimum atomic E-state index is -0.0161. The van der Waals surface area contributed by atoms with Gasteiger partial charge in [0.1, 0.15) is 6.10 Å². The molecule has 0 bridgehead atoms. The molecule has 1 fully saturated rings. The van der Waals surface area contributed by atoms with Gasteiger partial charge in [-0.15, -0.1) is 0 Å². The van der Waals surface area contributed by atoms with Gasteiger partial charge >= 0.3 is 0 Å². The average molecular weight is 387 g/mol.